The van der Waals surface area contributed by atoms with Crippen molar-refractivity contribution in [3.8, 4) is 0 Å². The first-order valence-corrected chi connectivity index (χ1v) is 12.0. The molecule has 6 nitrogen and oxygen atoms in total. The molecule has 5 N–H and O–H groups in total. The highest BCUT2D eigenvalue weighted by atomic mass is 79.9. The number of nitrogen functional groups attached to an aromatic ring is 1. The molecule has 2 aliphatic heterocycles. The van der Waals surface area contributed by atoms with Crippen molar-refractivity contribution in [3.05, 3.63) is 39.5 Å². The molecule has 8 heteroatoms. The van der Waals surface area contributed by atoms with Gasteiger partial charge in [-0.3, -0.25) is 5.32 Å². The number of allylic oxidation sites excluding steroid dienone is 2. The molecule has 30 heavy (non-hydrogen) atoms. The summed E-state index contributed by atoms with van der Waals surface area (Å²) in [7, 11) is 0. The fourth-order valence-corrected chi connectivity index (χ4v) is 5.47. The Hall–Kier alpha value is -1.12. The molecule has 1 aromatic heterocycles. The normalized spacial score (nSPS) is 28.2. The van der Waals surface area contributed by atoms with Crippen LogP contribution in [0.15, 0.2) is 28.9 Å². The topological polar surface area (TPSA) is 89.4 Å². The number of nitrogens with one attached hydrogen (secondary N) is 1. The van der Waals surface area contributed by atoms with Gasteiger partial charge in [0.25, 0.3) is 0 Å². The SMILES string of the molecule is Nc1cc(C2=C(Br)C=CC(NCC3CCOCC3)N2C2CCC(N)CC2)c(Cl)cn1. The van der Waals surface area contributed by atoms with Crippen LogP contribution in [0.5, 0.6) is 0 Å². The van der Waals surface area contributed by atoms with E-state index in [1.807, 2.05) is 6.07 Å². The Labute approximate surface area is 192 Å². The first-order valence-electron chi connectivity index (χ1n) is 10.9. The van der Waals surface area contributed by atoms with E-state index in [4.69, 9.17) is 27.8 Å². The molecule has 164 valence electrons. The minimum atomic E-state index is 0.0916. The molecule has 3 heterocycles. The molecule has 0 radical (unpaired) electrons. The summed E-state index contributed by atoms with van der Waals surface area (Å²) in [6, 6.07) is 2.55. The average molecular weight is 497 g/mol. The maximum Gasteiger partial charge on any atom is 0.124 e. The maximum atomic E-state index is 6.59. The van der Waals surface area contributed by atoms with Crippen molar-refractivity contribution in [2.45, 2.75) is 56.8 Å². The molecule has 1 aromatic rings. The molecular weight excluding hydrogens is 466 g/mol. The van der Waals surface area contributed by atoms with Gasteiger partial charge >= 0.3 is 0 Å². The van der Waals surface area contributed by atoms with Gasteiger partial charge in [-0.1, -0.05) is 11.6 Å². The van der Waals surface area contributed by atoms with Crippen molar-refractivity contribution >= 4 is 39.0 Å². The summed E-state index contributed by atoms with van der Waals surface area (Å²) in [5.74, 6) is 1.11. The van der Waals surface area contributed by atoms with E-state index in [9.17, 15) is 0 Å². The molecular formula is C22H31BrClN5O. The number of ether oxygens (including phenoxy) is 1. The van der Waals surface area contributed by atoms with E-state index in [-0.39, 0.29) is 6.17 Å². The molecule has 0 spiro atoms. The van der Waals surface area contributed by atoms with Crippen LogP contribution in [0.3, 0.4) is 0 Å². The molecule has 1 aliphatic carbocycles. The summed E-state index contributed by atoms with van der Waals surface area (Å²) in [6.45, 7) is 2.69. The van der Waals surface area contributed by atoms with Crippen LogP contribution in [0.25, 0.3) is 5.70 Å². The van der Waals surface area contributed by atoms with Crippen LogP contribution in [-0.2, 0) is 4.74 Å². The monoisotopic (exact) mass is 495 g/mol. The van der Waals surface area contributed by atoms with Crippen LogP contribution in [-0.4, -0.2) is 47.9 Å². The number of rotatable bonds is 5. The number of hydrogen-bond donors (Lipinski definition) is 3. The van der Waals surface area contributed by atoms with Crippen LogP contribution in [0.2, 0.25) is 5.02 Å². The van der Waals surface area contributed by atoms with Crippen molar-refractivity contribution in [1.29, 1.82) is 0 Å². The van der Waals surface area contributed by atoms with E-state index in [1.165, 1.54) is 0 Å². The molecule has 0 aromatic carbocycles. The van der Waals surface area contributed by atoms with E-state index in [0.717, 1.165) is 74.0 Å². The number of nitrogens with two attached hydrogens (primary N) is 2. The Bertz CT molecular complexity index is 803. The lowest BCUT2D eigenvalue weighted by molar-refractivity contribution is 0.0628. The fraction of sp³-hybridized carbons (Fsp3) is 0.591. The third kappa shape index (κ3) is 5.02. The Morgan fingerprint density at radius 1 is 1.20 bits per heavy atom. The second-order valence-corrected chi connectivity index (χ2v) is 9.79. The van der Waals surface area contributed by atoms with Crippen LogP contribution >= 0.6 is 27.5 Å². The smallest absolute Gasteiger partial charge is 0.124 e. The quantitative estimate of drug-likeness (QED) is 0.573. The minimum Gasteiger partial charge on any atom is -0.384 e. The first kappa shape index (κ1) is 22.1. The van der Waals surface area contributed by atoms with Gasteiger partial charge in [-0.25, -0.2) is 4.98 Å². The van der Waals surface area contributed by atoms with Crippen LogP contribution in [0.4, 0.5) is 5.82 Å². The number of aromatic nitrogens is 1. The van der Waals surface area contributed by atoms with Crippen LogP contribution in [0.1, 0.15) is 44.1 Å². The summed E-state index contributed by atoms with van der Waals surface area (Å²) in [5.41, 5.74) is 14.2. The lowest BCUT2D eigenvalue weighted by atomic mass is 9.89. The zero-order valence-electron chi connectivity index (χ0n) is 17.2. The van der Waals surface area contributed by atoms with E-state index < -0.39 is 0 Å². The van der Waals surface area contributed by atoms with E-state index in [1.54, 1.807) is 6.20 Å². The molecule has 2 fully saturated rings. The zero-order valence-corrected chi connectivity index (χ0v) is 19.5. The summed E-state index contributed by atoms with van der Waals surface area (Å²) in [4.78, 5) is 6.63. The molecule has 4 rings (SSSR count). The van der Waals surface area contributed by atoms with Gasteiger partial charge in [-0.2, -0.15) is 0 Å². The summed E-state index contributed by atoms with van der Waals surface area (Å²) < 4.78 is 6.53. The first-order chi connectivity index (χ1) is 14.5. The Balaban J connectivity index is 1.63. The molecule has 1 atom stereocenters. The Kier molecular flexibility index (Phi) is 7.36. The maximum absolute atomic E-state index is 6.59. The fourth-order valence-electron chi connectivity index (χ4n) is 4.71. The van der Waals surface area contributed by atoms with Gasteiger partial charge in [0.1, 0.15) is 5.82 Å². The van der Waals surface area contributed by atoms with Crippen LogP contribution in [0, 0.1) is 5.92 Å². The van der Waals surface area contributed by atoms with Crippen molar-refractivity contribution in [2.75, 3.05) is 25.5 Å². The third-order valence-electron chi connectivity index (χ3n) is 6.43. The predicted molar refractivity (Wildman–Crippen MR) is 126 cm³/mol. The lowest BCUT2D eigenvalue weighted by Gasteiger charge is -2.45. The minimum absolute atomic E-state index is 0.0916. The summed E-state index contributed by atoms with van der Waals surface area (Å²) in [6.07, 6.45) is 12.5. The summed E-state index contributed by atoms with van der Waals surface area (Å²) >= 11 is 10.4. The molecule has 3 aliphatic rings. The highest BCUT2D eigenvalue weighted by Gasteiger charge is 2.34. The zero-order chi connectivity index (χ0) is 21.1. The van der Waals surface area contributed by atoms with Gasteiger partial charge in [0.05, 0.1) is 16.9 Å². The Morgan fingerprint density at radius 3 is 2.67 bits per heavy atom. The Morgan fingerprint density at radius 2 is 1.93 bits per heavy atom. The number of anilines is 1. The van der Waals surface area contributed by atoms with Crippen LogP contribution < -0.4 is 16.8 Å². The molecule has 1 saturated heterocycles. The van der Waals surface area contributed by atoms with Gasteiger partial charge in [0, 0.05) is 48.1 Å². The van der Waals surface area contributed by atoms with Crippen molar-refractivity contribution in [1.82, 2.24) is 15.2 Å². The van der Waals surface area contributed by atoms with E-state index >= 15 is 0 Å². The van der Waals surface area contributed by atoms with Gasteiger partial charge in [0.2, 0.25) is 0 Å². The van der Waals surface area contributed by atoms with Crippen molar-refractivity contribution in [3.63, 3.8) is 0 Å². The van der Waals surface area contributed by atoms with Crippen molar-refractivity contribution < 1.29 is 4.74 Å². The number of hydrogen-bond acceptors (Lipinski definition) is 6. The van der Waals surface area contributed by atoms with Gasteiger partial charge in [-0.15, -0.1) is 0 Å². The van der Waals surface area contributed by atoms with Crippen molar-refractivity contribution in [2.24, 2.45) is 11.7 Å². The van der Waals surface area contributed by atoms with Gasteiger partial charge in [0.15, 0.2) is 0 Å². The second-order valence-electron chi connectivity index (χ2n) is 8.53. The molecule has 1 unspecified atom stereocenters. The largest absolute Gasteiger partial charge is 0.384 e. The number of pyridine rings is 1. The molecule has 1 saturated carbocycles. The lowest BCUT2D eigenvalue weighted by Crippen LogP contribution is -2.52. The highest BCUT2D eigenvalue weighted by Crippen LogP contribution is 2.40. The predicted octanol–water partition coefficient (Wildman–Crippen LogP) is 3.86. The third-order valence-corrected chi connectivity index (χ3v) is 7.37. The highest BCUT2D eigenvalue weighted by molar-refractivity contribution is 9.12. The van der Waals surface area contributed by atoms with E-state index in [2.05, 4.69) is 43.3 Å². The standard InChI is InChI=1S/C22H31BrClN5O/c23-18-5-6-21(28-12-14-7-9-30-10-8-14)29(16-3-1-15(25)2-4-16)22(18)17-11-20(26)27-13-19(17)24/h5-6,11,13-16,21,28H,1-4,7-10,12,25H2,(H2,26,27). The molecule has 0 bridgehead atoms. The van der Waals surface area contributed by atoms with Gasteiger partial charge in [-0.05, 0) is 78.6 Å². The van der Waals surface area contributed by atoms with Gasteiger partial charge < -0.3 is 21.1 Å². The molecule has 0 amide bonds. The number of halogens is 2. The second kappa shape index (κ2) is 10.0. The van der Waals surface area contributed by atoms with E-state index in [0.29, 0.717) is 28.8 Å². The summed E-state index contributed by atoms with van der Waals surface area (Å²) in [5, 5.41) is 4.42. The average Bonchev–Trinajstić information content (AvgIpc) is 2.76. The number of nitrogens with zero attached hydrogens (tertiary/aromatic N) is 2.